The molecule has 1 heterocycles. The van der Waals surface area contributed by atoms with Gasteiger partial charge in [-0.3, -0.25) is 9.59 Å². The molecule has 2 aromatic rings. The molecule has 1 fully saturated rings. The Balaban J connectivity index is 1.53. The average Bonchev–Trinajstić information content (AvgIpc) is 3.44. The van der Waals surface area contributed by atoms with Crippen LogP contribution in [-0.4, -0.2) is 29.9 Å². The Kier molecular flexibility index (Phi) is 4.51. The van der Waals surface area contributed by atoms with Gasteiger partial charge in [-0.05, 0) is 49.1 Å². The normalized spacial score (nSPS) is 16.4. The van der Waals surface area contributed by atoms with Gasteiger partial charge >= 0.3 is 0 Å². The Labute approximate surface area is 154 Å². The topological polar surface area (TPSA) is 58.6 Å². The summed E-state index contributed by atoms with van der Waals surface area (Å²) in [6, 6.07) is 7.82. The highest BCUT2D eigenvalue weighted by atomic mass is 19.1. The molecule has 140 valence electrons. The van der Waals surface area contributed by atoms with Crippen LogP contribution in [0.4, 0.5) is 14.5 Å². The molecule has 7 heteroatoms. The van der Waals surface area contributed by atoms with Crippen LogP contribution in [0, 0.1) is 17.6 Å². The number of nitrogens with one attached hydrogen (secondary N) is 1. The highest BCUT2D eigenvalue weighted by Crippen LogP contribution is 2.32. The van der Waals surface area contributed by atoms with E-state index >= 15 is 0 Å². The van der Waals surface area contributed by atoms with Gasteiger partial charge in [-0.15, -0.1) is 0 Å². The number of rotatable bonds is 4. The van der Waals surface area contributed by atoms with Crippen LogP contribution in [-0.2, 0) is 11.3 Å². The molecular formula is C20H18F2N2O3. The standard InChI is InChI=1S/C20H18F2N2O3/c21-14-3-5-16(17(22)8-14)20(26)23-15-4-6-18-13(7-15)10-24(9-12-1-2-12)19(25)11-27-18/h3-8,12H,1-2,9-11H2,(H,23,26). The summed E-state index contributed by atoms with van der Waals surface area (Å²) in [6.45, 7) is 1.10. The van der Waals surface area contributed by atoms with Gasteiger partial charge in [0.05, 0.1) is 5.56 Å². The second-order valence-corrected chi connectivity index (χ2v) is 6.91. The zero-order chi connectivity index (χ0) is 19.0. The van der Waals surface area contributed by atoms with Gasteiger partial charge in [-0.1, -0.05) is 0 Å². The minimum absolute atomic E-state index is 0.00772. The summed E-state index contributed by atoms with van der Waals surface area (Å²) in [7, 11) is 0. The van der Waals surface area contributed by atoms with Crippen molar-refractivity contribution in [3.63, 3.8) is 0 Å². The van der Waals surface area contributed by atoms with Crippen molar-refractivity contribution in [2.75, 3.05) is 18.5 Å². The van der Waals surface area contributed by atoms with Crippen LogP contribution in [0.25, 0.3) is 0 Å². The molecule has 1 N–H and O–H groups in total. The summed E-state index contributed by atoms with van der Waals surface area (Å²) in [5, 5.41) is 2.61. The van der Waals surface area contributed by atoms with E-state index in [0.29, 0.717) is 36.5 Å². The molecule has 1 saturated carbocycles. The SMILES string of the molecule is O=C(Nc1ccc2c(c1)CN(CC1CC1)C(=O)CO2)c1ccc(F)cc1F. The number of fused-ring (bicyclic) bond motifs is 1. The number of halogens is 2. The van der Waals surface area contributed by atoms with Crippen LogP contribution < -0.4 is 10.1 Å². The van der Waals surface area contributed by atoms with Gasteiger partial charge < -0.3 is 15.0 Å². The van der Waals surface area contributed by atoms with Gasteiger partial charge in [0.1, 0.15) is 17.4 Å². The lowest BCUT2D eigenvalue weighted by Gasteiger charge is -2.19. The van der Waals surface area contributed by atoms with Crippen LogP contribution in [0.15, 0.2) is 36.4 Å². The van der Waals surface area contributed by atoms with Crippen molar-refractivity contribution >= 4 is 17.5 Å². The second kappa shape index (κ2) is 6.98. The molecule has 0 unspecified atom stereocenters. The van der Waals surface area contributed by atoms with E-state index < -0.39 is 17.5 Å². The van der Waals surface area contributed by atoms with Crippen LogP contribution in [0.1, 0.15) is 28.8 Å². The first-order chi connectivity index (χ1) is 13.0. The number of hydrogen-bond donors (Lipinski definition) is 1. The largest absolute Gasteiger partial charge is 0.483 e. The first kappa shape index (κ1) is 17.5. The molecule has 5 nitrogen and oxygen atoms in total. The maximum Gasteiger partial charge on any atom is 0.260 e. The predicted molar refractivity (Wildman–Crippen MR) is 94.4 cm³/mol. The quantitative estimate of drug-likeness (QED) is 0.896. The van der Waals surface area contributed by atoms with Crippen molar-refractivity contribution in [1.82, 2.24) is 4.90 Å². The van der Waals surface area contributed by atoms with Crippen molar-refractivity contribution in [2.24, 2.45) is 5.92 Å². The highest BCUT2D eigenvalue weighted by molar-refractivity contribution is 6.04. The smallest absolute Gasteiger partial charge is 0.260 e. The van der Waals surface area contributed by atoms with Gasteiger partial charge in [-0.2, -0.15) is 0 Å². The number of ether oxygens (including phenoxy) is 1. The van der Waals surface area contributed by atoms with Crippen molar-refractivity contribution in [1.29, 1.82) is 0 Å². The molecule has 0 spiro atoms. The molecule has 2 aromatic carbocycles. The Morgan fingerprint density at radius 2 is 2.00 bits per heavy atom. The van der Waals surface area contributed by atoms with Gasteiger partial charge in [0.25, 0.3) is 11.8 Å². The van der Waals surface area contributed by atoms with Gasteiger partial charge in [-0.25, -0.2) is 8.78 Å². The third-order valence-corrected chi connectivity index (χ3v) is 4.73. The number of anilines is 1. The van der Waals surface area contributed by atoms with Crippen molar-refractivity contribution in [2.45, 2.75) is 19.4 Å². The summed E-state index contributed by atoms with van der Waals surface area (Å²) >= 11 is 0. The first-order valence-electron chi connectivity index (χ1n) is 8.79. The third kappa shape index (κ3) is 3.92. The molecule has 1 aliphatic carbocycles. The average molecular weight is 372 g/mol. The monoisotopic (exact) mass is 372 g/mol. The fraction of sp³-hybridized carbons (Fsp3) is 0.300. The summed E-state index contributed by atoms with van der Waals surface area (Å²) in [5.41, 5.74) is 0.985. The third-order valence-electron chi connectivity index (χ3n) is 4.73. The lowest BCUT2D eigenvalue weighted by molar-refractivity contribution is -0.133. The summed E-state index contributed by atoms with van der Waals surface area (Å²) in [4.78, 5) is 26.3. The number of hydrogen-bond acceptors (Lipinski definition) is 3. The molecule has 0 bridgehead atoms. The first-order valence-corrected chi connectivity index (χ1v) is 8.79. The maximum absolute atomic E-state index is 13.8. The van der Waals surface area contributed by atoms with Crippen molar-refractivity contribution < 1.29 is 23.1 Å². The number of carbonyl (C=O) groups is 2. The lowest BCUT2D eigenvalue weighted by Crippen LogP contribution is -2.34. The van der Waals surface area contributed by atoms with Crippen molar-refractivity contribution in [3.8, 4) is 5.75 Å². The summed E-state index contributed by atoms with van der Waals surface area (Å²) in [6.07, 6.45) is 2.27. The zero-order valence-corrected chi connectivity index (χ0v) is 14.5. The summed E-state index contributed by atoms with van der Waals surface area (Å²) in [5.74, 6) is -1.25. The second-order valence-electron chi connectivity index (χ2n) is 6.91. The van der Waals surface area contributed by atoms with E-state index in [2.05, 4.69) is 5.32 Å². The Morgan fingerprint density at radius 3 is 2.74 bits per heavy atom. The van der Waals surface area contributed by atoms with Crippen LogP contribution in [0.3, 0.4) is 0 Å². The van der Waals surface area contributed by atoms with Crippen LogP contribution in [0.2, 0.25) is 0 Å². The zero-order valence-electron chi connectivity index (χ0n) is 14.5. The van der Waals surface area contributed by atoms with Gasteiger partial charge in [0, 0.05) is 30.4 Å². The van der Waals surface area contributed by atoms with Gasteiger partial charge in [0.2, 0.25) is 0 Å². The molecule has 0 aromatic heterocycles. The molecule has 2 aliphatic rings. The highest BCUT2D eigenvalue weighted by Gasteiger charge is 2.29. The molecule has 1 aliphatic heterocycles. The van der Waals surface area contributed by atoms with E-state index in [4.69, 9.17) is 4.74 Å². The number of carbonyl (C=O) groups excluding carboxylic acids is 2. The van der Waals surface area contributed by atoms with E-state index in [1.807, 2.05) is 0 Å². The molecule has 0 radical (unpaired) electrons. The molecule has 2 amide bonds. The Hall–Kier alpha value is -2.96. The van der Waals surface area contributed by atoms with E-state index in [-0.39, 0.29) is 18.1 Å². The Bertz CT molecular complexity index is 912. The van der Waals surface area contributed by atoms with Crippen molar-refractivity contribution in [3.05, 3.63) is 59.2 Å². The fourth-order valence-corrected chi connectivity index (χ4v) is 3.10. The summed E-state index contributed by atoms with van der Waals surface area (Å²) < 4.78 is 32.4. The molecule has 4 rings (SSSR count). The van der Waals surface area contributed by atoms with E-state index in [1.54, 1.807) is 23.1 Å². The molecule has 0 atom stereocenters. The predicted octanol–water partition coefficient (Wildman–Crippen LogP) is 3.35. The molecular weight excluding hydrogens is 354 g/mol. The number of benzene rings is 2. The van der Waals surface area contributed by atoms with Crippen LogP contribution in [0.5, 0.6) is 5.75 Å². The fourth-order valence-electron chi connectivity index (χ4n) is 3.10. The Morgan fingerprint density at radius 1 is 1.19 bits per heavy atom. The van der Waals surface area contributed by atoms with Gasteiger partial charge in [0.15, 0.2) is 6.61 Å². The van der Waals surface area contributed by atoms with E-state index in [0.717, 1.165) is 30.5 Å². The lowest BCUT2D eigenvalue weighted by atomic mass is 10.1. The maximum atomic E-state index is 13.8. The molecule has 27 heavy (non-hydrogen) atoms. The van der Waals surface area contributed by atoms with E-state index in [1.165, 1.54) is 0 Å². The van der Waals surface area contributed by atoms with E-state index in [9.17, 15) is 18.4 Å². The minimum atomic E-state index is -0.924. The van der Waals surface area contributed by atoms with Crippen LogP contribution >= 0.6 is 0 Å². The number of amides is 2. The minimum Gasteiger partial charge on any atom is -0.483 e. The number of nitrogens with zero attached hydrogens (tertiary/aromatic N) is 1. The molecule has 0 saturated heterocycles.